The highest BCUT2D eigenvalue weighted by molar-refractivity contribution is 9.10. The van der Waals surface area contributed by atoms with Gasteiger partial charge in [-0.15, -0.1) is 0 Å². The Morgan fingerprint density at radius 2 is 1.91 bits per heavy atom. The second kappa shape index (κ2) is 7.43. The number of ketones is 1. The Morgan fingerprint density at radius 3 is 2.48 bits per heavy atom. The highest BCUT2D eigenvalue weighted by Gasteiger charge is 2.34. The summed E-state index contributed by atoms with van der Waals surface area (Å²) in [5.74, 6) is 0.198. The van der Waals surface area contributed by atoms with Gasteiger partial charge in [0.1, 0.15) is 5.76 Å². The maximum Gasteiger partial charge on any atom is 0.168 e. The molecule has 0 spiro atoms. The monoisotopic (exact) mass is 377 g/mol. The number of aliphatic hydroxyl groups excluding tert-OH is 1. The van der Waals surface area contributed by atoms with E-state index in [1.54, 1.807) is 0 Å². The molecule has 3 nitrogen and oxygen atoms in total. The van der Waals surface area contributed by atoms with Crippen LogP contribution in [0.3, 0.4) is 0 Å². The number of carbonyl (C=O) groups excluding carboxylic acids is 1. The molecule has 0 saturated heterocycles. The first-order chi connectivity index (χ1) is 10.8. The number of Topliss-reactive ketones (excluding diaryl/α,β-unsaturated/α-hetero) is 1. The summed E-state index contributed by atoms with van der Waals surface area (Å²) in [6.07, 6.45) is 3.66. The number of carbonyl (C=O) groups is 1. The first-order valence-corrected chi connectivity index (χ1v) is 8.90. The minimum atomic E-state index is -0.182. The molecular formula is C19H24BrNO2. The van der Waals surface area contributed by atoms with Crippen molar-refractivity contribution in [1.82, 2.24) is 0 Å². The topological polar surface area (TPSA) is 49.7 Å². The number of allylic oxidation sites excluding steroid dienone is 2. The number of aliphatic imine (C=N–C) groups is 1. The molecular weight excluding hydrogens is 354 g/mol. The predicted molar refractivity (Wildman–Crippen MR) is 98.4 cm³/mol. The van der Waals surface area contributed by atoms with Gasteiger partial charge in [0.05, 0.1) is 17.0 Å². The zero-order chi connectivity index (χ0) is 17.0. The maximum atomic E-state index is 12.6. The highest BCUT2D eigenvalue weighted by Crippen LogP contribution is 2.37. The van der Waals surface area contributed by atoms with E-state index in [0.717, 1.165) is 23.0 Å². The van der Waals surface area contributed by atoms with Gasteiger partial charge in [0.15, 0.2) is 5.78 Å². The molecule has 0 aliphatic heterocycles. The van der Waals surface area contributed by atoms with Crippen molar-refractivity contribution in [2.45, 2.75) is 52.9 Å². The molecule has 1 N–H and O–H groups in total. The molecule has 0 aromatic heterocycles. The van der Waals surface area contributed by atoms with E-state index in [2.05, 4.69) is 27.8 Å². The summed E-state index contributed by atoms with van der Waals surface area (Å²) >= 11 is 3.41. The summed E-state index contributed by atoms with van der Waals surface area (Å²) in [6.45, 7) is 6.13. The summed E-state index contributed by atoms with van der Waals surface area (Å²) in [4.78, 5) is 17.2. The number of halogens is 1. The van der Waals surface area contributed by atoms with Crippen molar-refractivity contribution >= 4 is 33.1 Å². The van der Waals surface area contributed by atoms with Crippen LogP contribution >= 0.6 is 15.9 Å². The van der Waals surface area contributed by atoms with Gasteiger partial charge in [0, 0.05) is 17.3 Å². The largest absolute Gasteiger partial charge is 0.511 e. The van der Waals surface area contributed by atoms with Gasteiger partial charge in [-0.25, -0.2) is 0 Å². The van der Waals surface area contributed by atoms with Crippen LogP contribution < -0.4 is 0 Å². The molecule has 0 atom stereocenters. The Kier molecular flexibility index (Phi) is 5.79. The van der Waals surface area contributed by atoms with Gasteiger partial charge in [0.25, 0.3) is 0 Å². The molecule has 1 aliphatic rings. The van der Waals surface area contributed by atoms with E-state index in [4.69, 9.17) is 0 Å². The maximum absolute atomic E-state index is 12.6. The third kappa shape index (κ3) is 4.77. The molecule has 0 bridgehead atoms. The fraction of sp³-hybridized carbons (Fsp3) is 0.474. The average molecular weight is 378 g/mol. The van der Waals surface area contributed by atoms with Crippen LogP contribution in [0.4, 0.5) is 5.69 Å². The zero-order valence-electron chi connectivity index (χ0n) is 14.0. The smallest absolute Gasteiger partial charge is 0.168 e. The SMILES string of the molecule is CCCCC(=Nc1ccc(Br)cc1)C1=C(O)CC(C)(C)CC1=O. The van der Waals surface area contributed by atoms with Gasteiger partial charge >= 0.3 is 0 Å². The van der Waals surface area contributed by atoms with Crippen molar-refractivity contribution in [3.05, 3.63) is 40.1 Å². The van der Waals surface area contributed by atoms with E-state index in [9.17, 15) is 9.90 Å². The van der Waals surface area contributed by atoms with Crippen LogP contribution in [0.1, 0.15) is 52.9 Å². The fourth-order valence-electron chi connectivity index (χ4n) is 2.87. The lowest BCUT2D eigenvalue weighted by Gasteiger charge is -2.30. The number of rotatable bonds is 5. The van der Waals surface area contributed by atoms with Gasteiger partial charge < -0.3 is 5.11 Å². The molecule has 124 valence electrons. The quantitative estimate of drug-likeness (QED) is 0.647. The lowest BCUT2D eigenvalue weighted by atomic mass is 9.75. The number of hydrogen-bond donors (Lipinski definition) is 1. The van der Waals surface area contributed by atoms with Crippen molar-refractivity contribution in [1.29, 1.82) is 0 Å². The molecule has 23 heavy (non-hydrogen) atoms. The summed E-state index contributed by atoms with van der Waals surface area (Å²) in [6, 6.07) is 7.67. The molecule has 0 amide bonds. The number of aliphatic hydroxyl groups is 1. The van der Waals surface area contributed by atoms with Gasteiger partial charge in [0.2, 0.25) is 0 Å². The fourth-order valence-corrected chi connectivity index (χ4v) is 3.13. The van der Waals surface area contributed by atoms with Crippen molar-refractivity contribution in [3.63, 3.8) is 0 Å². The minimum Gasteiger partial charge on any atom is -0.511 e. The molecule has 0 heterocycles. The van der Waals surface area contributed by atoms with Crippen molar-refractivity contribution in [2.75, 3.05) is 0 Å². The van der Waals surface area contributed by atoms with E-state index in [-0.39, 0.29) is 17.0 Å². The summed E-state index contributed by atoms with van der Waals surface area (Å²) < 4.78 is 0.990. The van der Waals surface area contributed by atoms with E-state index in [1.165, 1.54) is 0 Å². The van der Waals surface area contributed by atoms with Crippen LogP contribution in [0, 0.1) is 5.41 Å². The van der Waals surface area contributed by atoms with Crippen LogP contribution in [0.5, 0.6) is 0 Å². The number of nitrogens with zero attached hydrogens (tertiary/aromatic N) is 1. The number of hydrogen-bond acceptors (Lipinski definition) is 3. The molecule has 0 radical (unpaired) electrons. The number of unbranched alkanes of at least 4 members (excludes halogenated alkanes) is 1. The molecule has 2 rings (SSSR count). The Labute approximate surface area is 146 Å². The Balaban J connectivity index is 2.42. The number of benzene rings is 1. The normalized spacial score (nSPS) is 18.4. The molecule has 0 unspecified atom stereocenters. The van der Waals surface area contributed by atoms with Crippen LogP contribution in [0.25, 0.3) is 0 Å². The Morgan fingerprint density at radius 1 is 1.26 bits per heavy atom. The Hall–Kier alpha value is -1.42. The molecule has 1 aromatic rings. The Bertz CT molecular complexity index is 642. The second-order valence-corrected chi connectivity index (χ2v) is 7.82. The van der Waals surface area contributed by atoms with Crippen LogP contribution in [-0.4, -0.2) is 16.6 Å². The third-order valence-corrected chi connectivity index (χ3v) is 4.53. The van der Waals surface area contributed by atoms with E-state index >= 15 is 0 Å². The third-order valence-electron chi connectivity index (χ3n) is 4.00. The summed E-state index contributed by atoms with van der Waals surface area (Å²) in [5, 5.41) is 10.4. The lowest BCUT2D eigenvalue weighted by molar-refractivity contribution is -0.117. The van der Waals surface area contributed by atoms with E-state index in [0.29, 0.717) is 30.5 Å². The van der Waals surface area contributed by atoms with Crippen LogP contribution in [-0.2, 0) is 4.79 Å². The van der Waals surface area contributed by atoms with Crippen molar-refractivity contribution in [3.8, 4) is 0 Å². The lowest BCUT2D eigenvalue weighted by Crippen LogP contribution is -2.29. The van der Waals surface area contributed by atoms with Crippen LogP contribution in [0.15, 0.2) is 45.1 Å². The zero-order valence-corrected chi connectivity index (χ0v) is 15.6. The first-order valence-electron chi connectivity index (χ1n) is 8.11. The van der Waals surface area contributed by atoms with Crippen molar-refractivity contribution in [2.24, 2.45) is 10.4 Å². The van der Waals surface area contributed by atoms with Crippen LogP contribution in [0.2, 0.25) is 0 Å². The highest BCUT2D eigenvalue weighted by atomic mass is 79.9. The van der Waals surface area contributed by atoms with E-state index < -0.39 is 0 Å². The summed E-state index contributed by atoms with van der Waals surface area (Å²) in [7, 11) is 0. The molecule has 0 saturated carbocycles. The van der Waals surface area contributed by atoms with Gasteiger partial charge in [-0.1, -0.05) is 43.1 Å². The predicted octanol–water partition coefficient (Wildman–Crippen LogP) is 5.91. The van der Waals surface area contributed by atoms with Gasteiger partial charge in [-0.05, 0) is 42.5 Å². The molecule has 0 fully saturated rings. The first kappa shape index (κ1) is 17.9. The van der Waals surface area contributed by atoms with Gasteiger partial charge in [-0.3, -0.25) is 9.79 Å². The van der Waals surface area contributed by atoms with E-state index in [1.807, 2.05) is 38.1 Å². The second-order valence-electron chi connectivity index (χ2n) is 6.90. The molecule has 1 aliphatic carbocycles. The molecule has 1 aromatic carbocycles. The minimum absolute atomic E-state index is 0.00529. The van der Waals surface area contributed by atoms with Gasteiger partial charge in [-0.2, -0.15) is 0 Å². The average Bonchev–Trinajstić information content (AvgIpc) is 2.44. The summed E-state index contributed by atoms with van der Waals surface area (Å²) in [5.41, 5.74) is 1.78. The molecule has 4 heteroatoms. The van der Waals surface area contributed by atoms with Crippen molar-refractivity contribution < 1.29 is 9.90 Å². The standard InChI is InChI=1S/C19H24BrNO2/c1-4-5-6-15(21-14-9-7-13(20)8-10-14)18-16(22)11-19(2,3)12-17(18)23/h7-10,22H,4-6,11-12H2,1-3H3.